The summed E-state index contributed by atoms with van der Waals surface area (Å²) in [6.07, 6.45) is 0.682. The van der Waals surface area contributed by atoms with Crippen molar-refractivity contribution in [3.63, 3.8) is 0 Å². The molecule has 26 heavy (non-hydrogen) atoms. The van der Waals surface area contributed by atoms with Crippen molar-refractivity contribution < 1.29 is 13.2 Å². The Morgan fingerprint density at radius 3 is 2.23 bits per heavy atom. The summed E-state index contributed by atoms with van der Waals surface area (Å²) in [5.41, 5.74) is 2.06. The second-order valence-electron chi connectivity index (χ2n) is 6.09. The minimum Gasteiger partial charge on any atom is -0.341 e. The molecule has 5 nitrogen and oxygen atoms in total. The van der Waals surface area contributed by atoms with Crippen molar-refractivity contribution in [2.24, 2.45) is 0 Å². The first-order valence-electron chi connectivity index (χ1n) is 8.34. The fourth-order valence-corrected chi connectivity index (χ4v) is 3.60. The Balaban J connectivity index is 1.88. The van der Waals surface area contributed by atoms with Crippen LogP contribution in [0.15, 0.2) is 53.4 Å². The minimum absolute atomic E-state index is 0.0894. The van der Waals surface area contributed by atoms with Gasteiger partial charge in [0.25, 0.3) is 0 Å². The van der Waals surface area contributed by atoms with Crippen molar-refractivity contribution in [3.05, 3.63) is 64.7 Å². The van der Waals surface area contributed by atoms with Gasteiger partial charge in [-0.2, -0.15) is 0 Å². The maximum absolute atomic E-state index is 12.3. The van der Waals surface area contributed by atoms with E-state index in [1.54, 1.807) is 29.2 Å². The first kappa shape index (κ1) is 20.4. The third kappa shape index (κ3) is 6.12. The van der Waals surface area contributed by atoms with Crippen molar-refractivity contribution in [3.8, 4) is 0 Å². The molecule has 0 aliphatic heterocycles. The number of nitrogens with zero attached hydrogens (tertiary/aromatic N) is 1. The predicted octanol–water partition coefficient (Wildman–Crippen LogP) is 3.02. The summed E-state index contributed by atoms with van der Waals surface area (Å²) < 4.78 is 27.1. The van der Waals surface area contributed by atoms with Crippen LogP contribution in [-0.2, 0) is 21.2 Å². The summed E-state index contributed by atoms with van der Waals surface area (Å²) in [6.45, 7) is 4.37. The monoisotopic (exact) mass is 394 g/mol. The Kier molecular flexibility index (Phi) is 7.20. The van der Waals surface area contributed by atoms with Crippen LogP contribution in [0.3, 0.4) is 0 Å². The lowest BCUT2D eigenvalue weighted by Gasteiger charge is -2.21. The van der Waals surface area contributed by atoms with E-state index in [1.165, 1.54) is 6.92 Å². The summed E-state index contributed by atoms with van der Waals surface area (Å²) in [5, 5.41) is 0.669. The van der Waals surface area contributed by atoms with Crippen molar-refractivity contribution >= 4 is 27.5 Å². The quantitative estimate of drug-likeness (QED) is 0.748. The van der Waals surface area contributed by atoms with Crippen molar-refractivity contribution in [1.82, 2.24) is 9.62 Å². The lowest BCUT2D eigenvalue weighted by Crippen LogP contribution is -2.38. The van der Waals surface area contributed by atoms with Gasteiger partial charge in [-0.1, -0.05) is 41.4 Å². The highest BCUT2D eigenvalue weighted by Crippen LogP contribution is 2.11. The maximum atomic E-state index is 12.3. The van der Waals surface area contributed by atoms with Crippen LogP contribution in [0.25, 0.3) is 0 Å². The standard InChI is InChI=1S/C19H23ClN2O3S/c1-15-3-9-19(10-4-15)26(24,25)21-12-14-22(16(2)23)13-11-17-5-7-18(20)8-6-17/h3-10,21H,11-14H2,1-2H3. The molecule has 1 amide bonds. The number of benzene rings is 2. The average Bonchev–Trinajstić information content (AvgIpc) is 2.59. The lowest BCUT2D eigenvalue weighted by molar-refractivity contribution is -0.128. The van der Waals surface area contributed by atoms with Gasteiger partial charge in [0.15, 0.2) is 0 Å². The molecule has 1 N–H and O–H groups in total. The first-order chi connectivity index (χ1) is 12.3. The predicted molar refractivity (Wildman–Crippen MR) is 104 cm³/mol. The molecule has 0 unspecified atom stereocenters. The van der Waals surface area contributed by atoms with Gasteiger partial charge in [-0.15, -0.1) is 0 Å². The van der Waals surface area contributed by atoms with Gasteiger partial charge in [-0.3, -0.25) is 4.79 Å². The van der Waals surface area contributed by atoms with Crippen molar-refractivity contribution in [2.45, 2.75) is 25.2 Å². The van der Waals surface area contributed by atoms with Crippen LogP contribution in [0.1, 0.15) is 18.1 Å². The number of rotatable bonds is 8. The molecule has 0 aliphatic carbocycles. The number of aryl methyl sites for hydroxylation is 1. The van der Waals surface area contributed by atoms with E-state index >= 15 is 0 Å². The van der Waals surface area contributed by atoms with Crippen LogP contribution >= 0.6 is 11.6 Å². The normalized spacial score (nSPS) is 11.3. The topological polar surface area (TPSA) is 66.5 Å². The van der Waals surface area contributed by atoms with Gasteiger partial charge in [0.05, 0.1) is 4.90 Å². The zero-order valence-electron chi connectivity index (χ0n) is 14.9. The summed E-state index contributed by atoms with van der Waals surface area (Å²) in [4.78, 5) is 13.7. The van der Waals surface area contributed by atoms with Crippen molar-refractivity contribution in [1.29, 1.82) is 0 Å². The van der Waals surface area contributed by atoms with E-state index in [9.17, 15) is 13.2 Å². The van der Waals surface area contributed by atoms with Gasteiger partial charge in [-0.05, 0) is 43.2 Å². The van der Waals surface area contributed by atoms with E-state index in [0.717, 1.165) is 11.1 Å². The zero-order chi connectivity index (χ0) is 19.2. The molecule has 0 heterocycles. The van der Waals surface area contributed by atoms with Gasteiger partial charge in [-0.25, -0.2) is 13.1 Å². The largest absolute Gasteiger partial charge is 0.341 e. The van der Waals surface area contributed by atoms with Crippen LogP contribution < -0.4 is 4.72 Å². The molecule has 140 valence electrons. The Hall–Kier alpha value is -1.89. The smallest absolute Gasteiger partial charge is 0.240 e. The number of carbonyl (C=O) groups is 1. The van der Waals surface area contributed by atoms with Gasteiger partial charge in [0.2, 0.25) is 15.9 Å². The van der Waals surface area contributed by atoms with Crippen LogP contribution in [0.4, 0.5) is 0 Å². The Morgan fingerprint density at radius 2 is 1.65 bits per heavy atom. The Labute approximate surface area is 160 Å². The maximum Gasteiger partial charge on any atom is 0.240 e. The molecule has 0 spiro atoms. The summed E-state index contributed by atoms with van der Waals surface area (Å²) in [7, 11) is -3.57. The molecule has 2 aromatic carbocycles. The Bertz CT molecular complexity index is 834. The third-order valence-electron chi connectivity index (χ3n) is 4.03. The molecule has 0 radical (unpaired) electrons. The molecule has 2 rings (SSSR count). The van der Waals surface area contributed by atoms with Crippen LogP contribution in [-0.4, -0.2) is 38.9 Å². The molecular formula is C19H23ClN2O3S. The molecule has 0 fully saturated rings. The highest BCUT2D eigenvalue weighted by Gasteiger charge is 2.15. The van der Waals surface area contributed by atoms with E-state index in [1.807, 2.05) is 31.2 Å². The first-order valence-corrected chi connectivity index (χ1v) is 10.2. The minimum atomic E-state index is -3.57. The SMILES string of the molecule is CC(=O)N(CCNS(=O)(=O)c1ccc(C)cc1)CCc1ccc(Cl)cc1. The molecule has 0 bridgehead atoms. The number of amides is 1. The molecule has 7 heteroatoms. The average molecular weight is 395 g/mol. The van der Waals surface area contributed by atoms with E-state index in [2.05, 4.69) is 4.72 Å². The summed E-state index contributed by atoms with van der Waals surface area (Å²) >= 11 is 5.87. The molecule has 2 aromatic rings. The number of halogens is 1. The summed E-state index contributed by atoms with van der Waals surface area (Å²) in [5.74, 6) is -0.0894. The fourth-order valence-electron chi connectivity index (χ4n) is 2.46. The second-order valence-corrected chi connectivity index (χ2v) is 8.30. The van der Waals surface area contributed by atoms with Gasteiger partial charge in [0.1, 0.15) is 0 Å². The van der Waals surface area contributed by atoms with E-state index in [4.69, 9.17) is 11.6 Å². The third-order valence-corrected chi connectivity index (χ3v) is 5.76. The summed E-state index contributed by atoms with van der Waals surface area (Å²) in [6, 6.07) is 14.1. The molecule has 0 saturated carbocycles. The second kappa shape index (κ2) is 9.16. The number of hydrogen-bond donors (Lipinski definition) is 1. The number of nitrogens with one attached hydrogen (secondary N) is 1. The van der Waals surface area contributed by atoms with Gasteiger partial charge < -0.3 is 4.90 Å². The van der Waals surface area contributed by atoms with E-state index < -0.39 is 10.0 Å². The fraction of sp³-hybridized carbons (Fsp3) is 0.316. The van der Waals surface area contributed by atoms with Crippen LogP contribution in [0.5, 0.6) is 0 Å². The zero-order valence-corrected chi connectivity index (χ0v) is 16.5. The van der Waals surface area contributed by atoms with E-state index in [-0.39, 0.29) is 17.3 Å². The number of hydrogen-bond acceptors (Lipinski definition) is 3. The van der Waals surface area contributed by atoms with Crippen LogP contribution in [0, 0.1) is 6.92 Å². The number of sulfonamides is 1. The molecule has 0 aliphatic rings. The highest BCUT2D eigenvalue weighted by molar-refractivity contribution is 7.89. The van der Waals surface area contributed by atoms with Gasteiger partial charge >= 0.3 is 0 Å². The molecule has 0 atom stereocenters. The highest BCUT2D eigenvalue weighted by atomic mass is 35.5. The Morgan fingerprint density at radius 1 is 1.04 bits per heavy atom. The van der Waals surface area contributed by atoms with Gasteiger partial charge in [0, 0.05) is 31.6 Å². The lowest BCUT2D eigenvalue weighted by atomic mass is 10.1. The molecule has 0 saturated heterocycles. The number of carbonyl (C=O) groups excluding carboxylic acids is 1. The van der Waals surface area contributed by atoms with Crippen molar-refractivity contribution in [2.75, 3.05) is 19.6 Å². The van der Waals surface area contributed by atoms with Crippen LogP contribution in [0.2, 0.25) is 5.02 Å². The molecule has 0 aromatic heterocycles. The molecular weight excluding hydrogens is 372 g/mol. The van der Waals surface area contributed by atoms with E-state index in [0.29, 0.717) is 24.5 Å².